The van der Waals surface area contributed by atoms with Crippen molar-refractivity contribution in [3.63, 3.8) is 0 Å². The maximum absolute atomic E-state index is 14.1. The molecule has 0 aliphatic carbocycles. The Hall–Kier alpha value is -4.21. The van der Waals surface area contributed by atoms with E-state index < -0.39 is 12.0 Å². The molecule has 0 spiro atoms. The number of thiazole rings is 1. The maximum Gasteiger partial charge on any atom is 0.338 e. The highest BCUT2D eigenvalue weighted by Gasteiger charge is 2.35. The number of ether oxygens (including phenoxy) is 1. The molecule has 2 aromatic carbocycles. The molecule has 2 aliphatic rings. The van der Waals surface area contributed by atoms with Gasteiger partial charge in [0.05, 0.1) is 28.5 Å². The third-order valence-corrected chi connectivity index (χ3v) is 8.98. The number of esters is 1. The SMILES string of the molecule is CCOC(=O)C1=C(c2ccccc2)N=c2sc(=Cc3ccc(N4CCN(C)CC4)o3)c(=O)n2C1c1ccc(C(C)C)cc1. The smallest absolute Gasteiger partial charge is 0.338 e. The summed E-state index contributed by atoms with van der Waals surface area (Å²) in [5.74, 6) is 1.26. The molecule has 0 N–H and O–H groups in total. The Labute approximate surface area is 254 Å². The van der Waals surface area contributed by atoms with Gasteiger partial charge in [0, 0.05) is 43.9 Å². The number of rotatable bonds is 7. The van der Waals surface area contributed by atoms with Crippen LogP contribution in [0, 0.1) is 0 Å². The first-order valence-electron chi connectivity index (χ1n) is 14.8. The fraction of sp³-hybridized carbons (Fsp3) is 0.324. The Kier molecular flexibility index (Phi) is 8.19. The van der Waals surface area contributed by atoms with Gasteiger partial charge in [-0.15, -0.1) is 0 Å². The lowest BCUT2D eigenvalue weighted by atomic mass is 9.91. The Morgan fingerprint density at radius 1 is 1.05 bits per heavy atom. The summed E-state index contributed by atoms with van der Waals surface area (Å²) in [5, 5.41) is 0. The van der Waals surface area contributed by atoms with E-state index in [0.717, 1.165) is 43.2 Å². The third-order valence-electron chi connectivity index (χ3n) is 7.99. The highest BCUT2D eigenvalue weighted by atomic mass is 32.1. The zero-order valence-corrected chi connectivity index (χ0v) is 25.8. The molecular formula is C34H36N4O4S. The molecule has 0 radical (unpaired) electrons. The summed E-state index contributed by atoms with van der Waals surface area (Å²) in [4.78, 5) is 37.8. The number of anilines is 1. The maximum atomic E-state index is 14.1. The quantitative estimate of drug-likeness (QED) is 0.294. The van der Waals surface area contributed by atoms with Gasteiger partial charge in [-0.25, -0.2) is 9.79 Å². The number of likely N-dealkylation sites (N-methyl/N-ethyl adjacent to an activating group) is 1. The largest absolute Gasteiger partial charge is 0.463 e. The summed E-state index contributed by atoms with van der Waals surface area (Å²) >= 11 is 1.30. The van der Waals surface area contributed by atoms with Crippen LogP contribution >= 0.6 is 11.3 Å². The number of hydrogen-bond acceptors (Lipinski definition) is 8. The van der Waals surface area contributed by atoms with Crippen molar-refractivity contribution in [3.8, 4) is 0 Å². The molecule has 1 saturated heterocycles. The number of fused-ring (bicyclic) bond motifs is 1. The second-order valence-electron chi connectivity index (χ2n) is 11.2. The van der Waals surface area contributed by atoms with Gasteiger partial charge < -0.3 is 19.0 Å². The van der Waals surface area contributed by atoms with Gasteiger partial charge in [-0.2, -0.15) is 0 Å². The van der Waals surface area contributed by atoms with Crippen LogP contribution in [0.25, 0.3) is 11.8 Å². The predicted octanol–water partition coefficient (Wildman–Crippen LogP) is 4.40. The van der Waals surface area contributed by atoms with Gasteiger partial charge >= 0.3 is 5.97 Å². The first-order valence-corrected chi connectivity index (χ1v) is 15.6. The van der Waals surface area contributed by atoms with E-state index in [1.807, 2.05) is 54.6 Å². The lowest BCUT2D eigenvalue weighted by Gasteiger charge is -2.32. The van der Waals surface area contributed by atoms with Crippen LogP contribution in [0.4, 0.5) is 5.88 Å². The molecule has 0 saturated carbocycles. The van der Waals surface area contributed by atoms with Crippen molar-refractivity contribution in [3.05, 3.63) is 114 Å². The van der Waals surface area contributed by atoms with Crippen molar-refractivity contribution in [2.24, 2.45) is 4.99 Å². The van der Waals surface area contributed by atoms with Gasteiger partial charge in [-0.3, -0.25) is 9.36 Å². The lowest BCUT2D eigenvalue weighted by molar-refractivity contribution is -0.138. The summed E-state index contributed by atoms with van der Waals surface area (Å²) in [5.41, 5.74) is 3.41. The van der Waals surface area contributed by atoms with Crippen molar-refractivity contribution in [1.82, 2.24) is 9.47 Å². The second kappa shape index (κ2) is 12.2. The van der Waals surface area contributed by atoms with E-state index in [9.17, 15) is 9.59 Å². The average Bonchev–Trinajstić information content (AvgIpc) is 3.61. The van der Waals surface area contributed by atoms with Gasteiger partial charge in [0.25, 0.3) is 5.56 Å². The molecule has 8 nitrogen and oxygen atoms in total. The number of furan rings is 1. The normalized spacial score (nSPS) is 17.7. The van der Waals surface area contributed by atoms with Crippen LogP contribution in [0.15, 0.2) is 86.5 Å². The number of nitrogens with zero attached hydrogens (tertiary/aromatic N) is 4. The second-order valence-corrected chi connectivity index (χ2v) is 12.2. The van der Waals surface area contributed by atoms with Crippen molar-refractivity contribution < 1.29 is 13.9 Å². The van der Waals surface area contributed by atoms with E-state index in [0.29, 0.717) is 32.3 Å². The van der Waals surface area contributed by atoms with Crippen LogP contribution in [-0.4, -0.2) is 55.3 Å². The van der Waals surface area contributed by atoms with E-state index in [2.05, 4.69) is 42.8 Å². The van der Waals surface area contributed by atoms with Crippen molar-refractivity contribution >= 4 is 35.0 Å². The third kappa shape index (κ3) is 5.75. The summed E-state index contributed by atoms with van der Waals surface area (Å²) in [6.45, 7) is 9.99. The van der Waals surface area contributed by atoms with Gasteiger partial charge in [-0.1, -0.05) is 79.8 Å². The topological polar surface area (TPSA) is 80.3 Å². The van der Waals surface area contributed by atoms with Gasteiger partial charge in [0.15, 0.2) is 10.7 Å². The molecule has 6 rings (SSSR count). The van der Waals surface area contributed by atoms with E-state index >= 15 is 0 Å². The van der Waals surface area contributed by atoms with Crippen LogP contribution in [0.2, 0.25) is 0 Å². The summed E-state index contributed by atoms with van der Waals surface area (Å²) in [6.07, 6.45) is 1.78. The van der Waals surface area contributed by atoms with Gasteiger partial charge in [0.2, 0.25) is 0 Å². The summed E-state index contributed by atoms with van der Waals surface area (Å²) in [7, 11) is 2.12. The molecule has 222 valence electrons. The Morgan fingerprint density at radius 3 is 2.44 bits per heavy atom. The Morgan fingerprint density at radius 2 is 1.77 bits per heavy atom. The number of carbonyl (C=O) groups excluding carboxylic acids is 1. The molecule has 4 aromatic rings. The summed E-state index contributed by atoms with van der Waals surface area (Å²) < 4.78 is 13.9. The molecule has 2 aromatic heterocycles. The Balaban J connectivity index is 1.51. The van der Waals surface area contributed by atoms with Crippen LogP contribution in [0.5, 0.6) is 0 Å². The highest BCUT2D eigenvalue weighted by Crippen LogP contribution is 2.35. The lowest BCUT2D eigenvalue weighted by Crippen LogP contribution is -2.44. The Bertz CT molecular complexity index is 1830. The standard InChI is InChI=1S/C34H36N4O4S/c1-5-41-33(40)29-30(24-9-7-6-8-10-24)35-34-38(31(29)25-13-11-23(12-14-25)22(2)3)32(39)27(43-34)21-26-15-16-28(42-26)37-19-17-36(4)18-20-37/h6-16,21-22,31H,5,17-20H2,1-4H3. The van der Waals surface area contributed by atoms with E-state index in [-0.39, 0.29) is 12.2 Å². The molecule has 0 bridgehead atoms. The monoisotopic (exact) mass is 596 g/mol. The first kappa shape index (κ1) is 28.9. The minimum atomic E-state index is -0.702. The molecule has 1 fully saturated rings. The van der Waals surface area contributed by atoms with Gasteiger partial charge in [-0.05, 0) is 37.1 Å². The van der Waals surface area contributed by atoms with Crippen molar-refractivity contribution in [1.29, 1.82) is 0 Å². The number of benzene rings is 2. The molecular weight excluding hydrogens is 560 g/mol. The fourth-order valence-corrected chi connectivity index (χ4v) is 6.55. The van der Waals surface area contributed by atoms with Crippen molar-refractivity contribution in [2.45, 2.75) is 32.7 Å². The molecule has 1 atom stereocenters. The number of carbonyl (C=O) groups is 1. The van der Waals surface area contributed by atoms with Crippen molar-refractivity contribution in [2.75, 3.05) is 44.7 Å². The predicted molar refractivity (Wildman–Crippen MR) is 170 cm³/mol. The number of hydrogen-bond donors (Lipinski definition) is 0. The molecule has 1 unspecified atom stereocenters. The van der Waals surface area contributed by atoms with E-state index in [1.54, 1.807) is 17.6 Å². The average molecular weight is 597 g/mol. The molecule has 0 amide bonds. The van der Waals surface area contributed by atoms with Crippen LogP contribution in [0.1, 0.15) is 55.2 Å². The van der Waals surface area contributed by atoms with Crippen LogP contribution in [0.3, 0.4) is 0 Å². The highest BCUT2D eigenvalue weighted by molar-refractivity contribution is 7.07. The van der Waals surface area contributed by atoms with Crippen LogP contribution in [-0.2, 0) is 9.53 Å². The molecule has 2 aliphatic heterocycles. The first-order chi connectivity index (χ1) is 20.8. The fourth-order valence-electron chi connectivity index (χ4n) is 5.56. The zero-order chi connectivity index (χ0) is 30.1. The molecule has 4 heterocycles. The number of piperazine rings is 1. The number of aromatic nitrogens is 1. The molecule has 9 heteroatoms. The van der Waals surface area contributed by atoms with Crippen LogP contribution < -0.4 is 19.8 Å². The minimum absolute atomic E-state index is 0.210. The summed E-state index contributed by atoms with van der Waals surface area (Å²) in [6, 6.07) is 20.9. The van der Waals surface area contributed by atoms with Gasteiger partial charge in [0.1, 0.15) is 5.76 Å². The minimum Gasteiger partial charge on any atom is -0.463 e. The van der Waals surface area contributed by atoms with E-state index in [1.165, 1.54) is 16.9 Å². The zero-order valence-electron chi connectivity index (χ0n) is 24.9. The molecule has 43 heavy (non-hydrogen) atoms. The van der Waals surface area contributed by atoms with E-state index in [4.69, 9.17) is 14.1 Å².